The number of benzene rings is 1. The predicted molar refractivity (Wildman–Crippen MR) is 80.5 cm³/mol. The van der Waals surface area contributed by atoms with Gasteiger partial charge in [0, 0.05) is 25.6 Å². The van der Waals surface area contributed by atoms with Gasteiger partial charge in [0.25, 0.3) is 0 Å². The van der Waals surface area contributed by atoms with E-state index < -0.39 is 0 Å². The summed E-state index contributed by atoms with van der Waals surface area (Å²) in [6, 6.07) is 6.56. The van der Waals surface area contributed by atoms with E-state index in [1.807, 2.05) is 17.9 Å². The lowest BCUT2D eigenvalue weighted by Crippen LogP contribution is -2.45. The zero-order chi connectivity index (χ0) is 13.8. The molecule has 3 nitrogen and oxygen atoms in total. The van der Waals surface area contributed by atoms with E-state index in [1.165, 1.54) is 12.1 Å². The quantitative estimate of drug-likeness (QED) is 0.933. The summed E-state index contributed by atoms with van der Waals surface area (Å²) in [5.41, 5.74) is 6.75. The molecule has 0 saturated carbocycles. The number of nitrogens with two attached hydrogens (primary N) is 1. The van der Waals surface area contributed by atoms with Crippen LogP contribution in [-0.4, -0.2) is 29.9 Å². The molecular formula is C15H22ClFN2O. The number of hydrogen-bond acceptors (Lipinski definition) is 2. The monoisotopic (exact) mass is 300 g/mol. The average Bonchev–Trinajstić information content (AvgIpc) is 2.38. The average molecular weight is 301 g/mol. The molecule has 1 fully saturated rings. The lowest BCUT2D eigenvalue weighted by Gasteiger charge is -2.31. The summed E-state index contributed by atoms with van der Waals surface area (Å²) in [5, 5.41) is 0. The topological polar surface area (TPSA) is 46.3 Å². The summed E-state index contributed by atoms with van der Waals surface area (Å²) in [5.74, 6) is -0.106. The van der Waals surface area contributed by atoms with Gasteiger partial charge in [0.05, 0.1) is 0 Å². The Morgan fingerprint density at radius 3 is 2.95 bits per heavy atom. The van der Waals surface area contributed by atoms with Gasteiger partial charge in [-0.15, -0.1) is 12.4 Å². The van der Waals surface area contributed by atoms with Crippen molar-refractivity contribution in [2.24, 2.45) is 5.73 Å². The van der Waals surface area contributed by atoms with Gasteiger partial charge in [0.15, 0.2) is 0 Å². The third-order valence-corrected chi connectivity index (χ3v) is 3.71. The van der Waals surface area contributed by atoms with Crippen LogP contribution in [-0.2, 0) is 4.79 Å². The van der Waals surface area contributed by atoms with Crippen molar-refractivity contribution in [3.63, 3.8) is 0 Å². The predicted octanol–water partition coefficient (Wildman–Crippen LogP) is 2.69. The molecule has 1 heterocycles. The second-order valence-corrected chi connectivity index (χ2v) is 5.40. The highest BCUT2D eigenvalue weighted by Crippen LogP contribution is 2.21. The molecule has 2 atom stereocenters. The molecule has 1 aromatic carbocycles. The molecule has 1 aliphatic heterocycles. The second-order valence-electron chi connectivity index (χ2n) is 5.40. The van der Waals surface area contributed by atoms with E-state index in [9.17, 15) is 9.18 Å². The van der Waals surface area contributed by atoms with Gasteiger partial charge in [0.2, 0.25) is 5.91 Å². The smallest absolute Gasteiger partial charge is 0.223 e. The van der Waals surface area contributed by atoms with E-state index in [0.29, 0.717) is 13.0 Å². The highest BCUT2D eigenvalue weighted by molar-refractivity contribution is 5.85. The fraction of sp³-hybridized carbons (Fsp3) is 0.533. The van der Waals surface area contributed by atoms with Crippen LogP contribution < -0.4 is 5.73 Å². The number of amides is 1. The largest absolute Gasteiger partial charge is 0.341 e. The molecule has 5 heteroatoms. The Morgan fingerprint density at radius 2 is 2.30 bits per heavy atom. The molecule has 2 N–H and O–H groups in total. The molecular weight excluding hydrogens is 279 g/mol. The number of carbonyl (C=O) groups is 1. The molecule has 0 bridgehead atoms. The number of likely N-dealkylation sites (tertiary alicyclic amines) is 1. The van der Waals surface area contributed by atoms with E-state index in [2.05, 4.69) is 0 Å². The van der Waals surface area contributed by atoms with Crippen molar-refractivity contribution < 1.29 is 9.18 Å². The summed E-state index contributed by atoms with van der Waals surface area (Å²) >= 11 is 0. The van der Waals surface area contributed by atoms with Crippen LogP contribution in [0.5, 0.6) is 0 Å². The van der Waals surface area contributed by atoms with Gasteiger partial charge in [-0.1, -0.05) is 19.1 Å². The Hall–Kier alpha value is -1.13. The molecule has 20 heavy (non-hydrogen) atoms. The van der Waals surface area contributed by atoms with Crippen LogP contribution in [0.25, 0.3) is 0 Å². The van der Waals surface area contributed by atoms with Gasteiger partial charge in [-0.05, 0) is 36.5 Å². The zero-order valence-electron chi connectivity index (χ0n) is 11.7. The number of piperidine rings is 1. The van der Waals surface area contributed by atoms with Gasteiger partial charge in [-0.25, -0.2) is 4.39 Å². The molecule has 0 aromatic heterocycles. The summed E-state index contributed by atoms with van der Waals surface area (Å²) in [7, 11) is 0. The third-order valence-electron chi connectivity index (χ3n) is 3.71. The molecule has 1 aromatic rings. The van der Waals surface area contributed by atoms with Crippen LogP contribution in [0.3, 0.4) is 0 Å². The minimum atomic E-state index is -0.253. The number of halogens is 2. The Morgan fingerprint density at radius 1 is 1.55 bits per heavy atom. The number of hydrogen-bond donors (Lipinski definition) is 1. The molecule has 1 amide bonds. The van der Waals surface area contributed by atoms with Crippen molar-refractivity contribution in [2.45, 2.75) is 38.1 Å². The first-order chi connectivity index (χ1) is 9.06. The van der Waals surface area contributed by atoms with E-state index in [4.69, 9.17) is 5.73 Å². The maximum Gasteiger partial charge on any atom is 0.223 e. The van der Waals surface area contributed by atoms with Crippen LogP contribution in [0.4, 0.5) is 4.39 Å². The maximum atomic E-state index is 13.2. The molecule has 0 spiro atoms. The summed E-state index contributed by atoms with van der Waals surface area (Å²) < 4.78 is 13.2. The van der Waals surface area contributed by atoms with E-state index in [-0.39, 0.29) is 36.1 Å². The molecule has 2 rings (SSSR count). The fourth-order valence-corrected chi connectivity index (χ4v) is 2.56. The summed E-state index contributed by atoms with van der Waals surface area (Å²) in [6.45, 7) is 3.40. The molecule has 112 valence electrons. The van der Waals surface area contributed by atoms with Crippen molar-refractivity contribution in [2.75, 3.05) is 13.1 Å². The molecule has 1 saturated heterocycles. The van der Waals surface area contributed by atoms with Gasteiger partial charge in [-0.3, -0.25) is 4.79 Å². The molecule has 0 aliphatic carbocycles. The number of carbonyl (C=O) groups excluding carboxylic acids is 1. The van der Waals surface area contributed by atoms with Crippen molar-refractivity contribution in [3.8, 4) is 0 Å². The Kier molecular flexibility index (Phi) is 6.43. The van der Waals surface area contributed by atoms with Crippen LogP contribution in [0.15, 0.2) is 24.3 Å². The molecule has 2 unspecified atom stereocenters. The van der Waals surface area contributed by atoms with Gasteiger partial charge < -0.3 is 10.6 Å². The number of nitrogens with zero attached hydrogens (tertiary/aromatic N) is 1. The first-order valence-corrected chi connectivity index (χ1v) is 6.85. The molecule has 1 aliphatic rings. The molecule has 0 radical (unpaired) electrons. The van der Waals surface area contributed by atoms with E-state index in [1.54, 1.807) is 6.07 Å². The van der Waals surface area contributed by atoms with E-state index >= 15 is 0 Å². The zero-order valence-corrected chi connectivity index (χ0v) is 12.5. The van der Waals surface area contributed by atoms with E-state index in [0.717, 1.165) is 24.9 Å². The standard InChI is InChI=1S/C15H21FN2O.ClH/c1-11(12-4-2-5-13(16)9-12)8-15(19)18-7-3-6-14(17)10-18;/h2,4-5,9,11,14H,3,6-8,10,17H2,1H3;1H. The van der Waals surface area contributed by atoms with Crippen molar-refractivity contribution in [1.29, 1.82) is 0 Å². The van der Waals surface area contributed by atoms with Crippen molar-refractivity contribution in [3.05, 3.63) is 35.6 Å². The van der Waals surface area contributed by atoms with Crippen LogP contribution in [0.2, 0.25) is 0 Å². The second kappa shape index (κ2) is 7.60. The summed E-state index contributed by atoms with van der Waals surface area (Å²) in [6.07, 6.45) is 2.38. The maximum absolute atomic E-state index is 13.2. The highest BCUT2D eigenvalue weighted by atomic mass is 35.5. The van der Waals surface area contributed by atoms with Crippen LogP contribution in [0, 0.1) is 5.82 Å². The third kappa shape index (κ3) is 4.46. The lowest BCUT2D eigenvalue weighted by atomic mass is 9.96. The highest BCUT2D eigenvalue weighted by Gasteiger charge is 2.22. The van der Waals surface area contributed by atoms with Crippen molar-refractivity contribution in [1.82, 2.24) is 4.90 Å². The minimum absolute atomic E-state index is 0. The van der Waals surface area contributed by atoms with Crippen LogP contribution >= 0.6 is 12.4 Å². The first kappa shape index (κ1) is 16.9. The SMILES string of the molecule is CC(CC(=O)N1CCCC(N)C1)c1cccc(F)c1.Cl. The van der Waals surface area contributed by atoms with Crippen LogP contribution in [0.1, 0.15) is 37.7 Å². The normalized spacial score (nSPS) is 20.1. The first-order valence-electron chi connectivity index (χ1n) is 6.85. The lowest BCUT2D eigenvalue weighted by molar-refractivity contribution is -0.132. The Bertz CT molecular complexity index is 455. The number of rotatable bonds is 3. The Balaban J connectivity index is 0.00000200. The summed E-state index contributed by atoms with van der Waals surface area (Å²) in [4.78, 5) is 14.0. The Labute approximate surface area is 125 Å². The minimum Gasteiger partial charge on any atom is -0.341 e. The van der Waals surface area contributed by atoms with Gasteiger partial charge in [-0.2, -0.15) is 0 Å². The fourth-order valence-electron chi connectivity index (χ4n) is 2.56. The van der Waals surface area contributed by atoms with Gasteiger partial charge in [0.1, 0.15) is 5.82 Å². The van der Waals surface area contributed by atoms with Gasteiger partial charge >= 0.3 is 0 Å². The van der Waals surface area contributed by atoms with Crippen molar-refractivity contribution >= 4 is 18.3 Å².